The number of carbonyl (C=O) groups excluding carboxylic acids is 1. The van der Waals surface area contributed by atoms with Crippen molar-refractivity contribution in [3.05, 3.63) is 84.2 Å². The van der Waals surface area contributed by atoms with Crippen molar-refractivity contribution in [3.63, 3.8) is 0 Å². The molecule has 10 heteroatoms. The Morgan fingerprint density at radius 2 is 1.83 bits per heavy atom. The van der Waals surface area contributed by atoms with Crippen molar-refractivity contribution in [2.45, 2.75) is 13.0 Å². The van der Waals surface area contributed by atoms with Gasteiger partial charge in [0, 0.05) is 31.0 Å². The number of methoxy groups -OCH3 is 1. The molecular formula is C25H22F3N3O4. The molecule has 3 aromatic carbocycles. The van der Waals surface area contributed by atoms with E-state index >= 15 is 0 Å². The Hall–Kier alpha value is -4.05. The van der Waals surface area contributed by atoms with E-state index in [9.17, 15) is 18.0 Å². The molecule has 0 radical (unpaired) electrons. The SMILES string of the molecule is COCCN(C(=O)c1ccc2nc[nH]c2c1)c1cccc(OCc2ccc(OC(F)(F)F)cc2)c1. The molecule has 0 aliphatic carbocycles. The highest BCUT2D eigenvalue weighted by Gasteiger charge is 2.31. The minimum absolute atomic E-state index is 0.123. The number of nitrogens with zero attached hydrogens (tertiary/aromatic N) is 2. The molecule has 1 amide bonds. The fraction of sp³-hybridized carbons (Fsp3) is 0.200. The van der Waals surface area contributed by atoms with E-state index in [1.54, 1.807) is 60.8 Å². The van der Waals surface area contributed by atoms with Crippen LogP contribution in [0.3, 0.4) is 0 Å². The van der Waals surface area contributed by atoms with Crippen molar-refractivity contribution in [3.8, 4) is 11.5 Å². The summed E-state index contributed by atoms with van der Waals surface area (Å²) in [7, 11) is 1.56. The number of halogens is 3. The molecule has 1 heterocycles. The van der Waals surface area contributed by atoms with E-state index in [1.807, 2.05) is 0 Å². The van der Waals surface area contributed by atoms with Crippen LogP contribution in [-0.2, 0) is 11.3 Å². The Bertz CT molecular complexity index is 1290. The van der Waals surface area contributed by atoms with Crippen molar-refractivity contribution in [1.82, 2.24) is 9.97 Å². The van der Waals surface area contributed by atoms with E-state index in [2.05, 4.69) is 14.7 Å². The maximum atomic E-state index is 13.3. The van der Waals surface area contributed by atoms with Crippen LogP contribution in [0.1, 0.15) is 15.9 Å². The number of ether oxygens (including phenoxy) is 3. The third-order valence-electron chi connectivity index (χ3n) is 5.12. The van der Waals surface area contributed by atoms with Gasteiger partial charge in [-0.1, -0.05) is 18.2 Å². The average Bonchev–Trinajstić information content (AvgIpc) is 3.31. The zero-order valence-electron chi connectivity index (χ0n) is 18.7. The van der Waals surface area contributed by atoms with Gasteiger partial charge in [0.2, 0.25) is 0 Å². The van der Waals surface area contributed by atoms with Crippen molar-refractivity contribution in [2.24, 2.45) is 0 Å². The summed E-state index contributed by atoms with van der Waals surface area (Å²) in [6, 6.07) is 17.7. The highest BCUT2D eigenvalue weighted by Crippen LogP contribution is 2.26. The van der Waals surface area contributed by atoms with Gasteiger partial charge in [-0.2, -0.15) is 0 Å². The van der Waals surface area contributed by atoms with Crippen molar-refractivity contribution in [1.29, 1.82) is 0 Å². The predicted molar refractivity (Wildman–Crippen MR) is 124 cm³/mol. The van der Waals surface area contributed by atoms with Gasteiger partial charge in [-0.15, -0.1) is 13.2 Å². The van der Waals surface area contributed by atoms with Gasteiger partial charge in [0.1, 0.15) is 18.1 Å². The van der Waals surface area contributed by atoms with Crippen LogP contribution >= 0.6 is 0 Å². The molecule has 7 nitrogen and oxygen atoms in total. The summed E-state index contributed by atoms with van der Waals surface area (Å²) < 4.78 is 51.9. The summed E-state index contributed by atoms with van der Waals surface area (Å²) in [5, 5.41) is 0. The van der Waals surface area contributed by atoms with Crippen LogP contribution < -0.4 is 14.4 Å². The number of fused-ring (bicyclic) bond motifs is 1. The molecule has 0 unspecified atom stereocenters. The molecule has 0 fully saturated rings. The lowest BCUT2D eigenvalue weighted by Crippen LogP contribution is -2.34. The Balaban J connectivity index is 1.48. The maximum absolute atomic E-state index is 13.3. The van der Waals surface area contributed by atoms with Gasteiger partial charge in [0.05, 0.1) is 24.0 Å². The lowest BCUT2D eigenvalue weighted by Gasteiger charge is -2.23. The second-order valence-electron chi connectivity index (χ2n) is 7.56. The molecule has 0 bridgehead atoms. The number of hydrogen-bond donors (Lipinski definition) is 1. The van der Waals surface area contributed by atoms with Gasteiger partial charge in [0.15, 0.2) is 0 Å². The number of aromatic nitrogens is 2. The van der Waals surface area contributed by atoms with Crippen LogP contribution in [0.2, 0.25) is 0 Å². The van der Waals surface area contributed by atoms with E-state index < -0.39 is 6.36 Å². The molecule has 1 aromatic heterocycles. The van der Waals surface area contributed by atoms with E-state index in [-0.39, 0.29) is 18.3 Å². The zero-order valence-corrected chi connectivity index (χ0v) is 18.7. The molecule has 1 N–H and O–H groups in total. The first-order valence-electron chi connectivity index (χ1n) is 10.6. The number of H-pyrrole nitrogens is 1. The first-order chi connectivity index (χ1) is 16.8. The summed E-state index contributed by atoms with van der Waals surface area (Å²) in [6.07, 6.45) is -3.17. The van der Waals surface area contributed by atoms with Crippen molar-refractivity contribution in [2.75, 3.05) is 25.2 Å². The molecule has 35 heavy (non-hydrogen) atoms. The predicted octanol–water partition coefficient (Wildman–Crippen LogP) is 5.33. The summed E-state index contributed by atoms with van der Waals surface area (Å²) >= 11 is 0. The van der Waals surface area contributed by atoms with Crippen LogP contribution in [0.5, 0.6) is 11.5 Å². The smallest absolute Gasteiger partial charge is 0.489 e. The first kappa shape index (κ1) is 24.1. The molecule has 0 atom stereocenters. The minimum Gasteiger partial charge on any atom is -0.489 e. The van der Waals surface area contributed by atoms with E-state index in [1.165, 1.54) is 24.3 Å². The van der Waals surface area contributed by atoms with Gasteiger partial charge in [-0.25, -0.2) is 4.98 Å². The van der Waals surface area contributed by atoms with Gasteiger partial charge < -0.3 is 24.1 Å². The normalized spacial score (nSPS) is 11.4. The zero-order chi connectivity index (χ0) is 24.8. The monoisotopic (exact) mass is 485 g/mol. The molecule has 0 aliphatic heterocycles. The lowest BCUT2D eigenvalue weighted by molar-refractivity contribution is -0.274. The molecular weight excluding hydrogens is 463 g/mol. The Morgan fingerprint density at radius 3 is 2.57 bits per heavy atom. The van der Waals surface area contributed by atoms with Crippen LogP contribution in [-0.4, -0.2) is 42.5 Å². The Labute approximate surface area is 199 Å². The molecule has 0 spiro atoms. The van der Waals surface area contributed by atoms with Crippen LogP contribution in [0.25, 0.3) is 11.0 Å². The van der Waals surface area contributed by atoms with E-state index in [0.29, 0.717) is 35.7 Å². The fourth-order valence-electron chi connectivity index (χ4n) is 3.45. The minimum atomic E-state index is -4.74. The number of nitrogens with one attached hydrogen (secondary N) is 1. The van der Waals surface area contributed by atoms with Gasteiger partial charge in [0.25, 0.3) is 5.91 Å². The number of amides is 1. The second-order valence-corrected chi connectivity index (χ2v) is 7.56. The van der Waals surface area contributed by atoms with Crippen LogP contribution in [0.15, 0.2) is 73.1 Å². The number of hydrogen-bond acceptors (Lipinski definition) is 5. The molecule has 4 rings (SSSR count). The quantitative estimate of drug-likeness (QED) is 0.347. The molecule has 182 valence electrons. The Morgan fingerprint density at radius 1 is 1.03 bits per heavy atom. The third-order valence-corrected chi connectivity index (χ3v) is 5.12. The highest BCUT2D eigenvalue weighted by atomic mass is 19.4. The standard InChI is InChI=1S/C25H22F3N3O4/c1-33-12-11-31(24(32)18-7-10-22-23(13-18)30-16-29-22)19-3-2-4-21(14-19)34-15-17-5-8-20(9-6-17)35-25(26,27)28/h2-10,13-14,16H,11-12,15H2,1H3,(H,29,30). The van der Waals surface area contributed by atoms with E-state index in [0.717, 1.165) is 11.0 Å². The van der Waals surface area contributed by atoms with Crippen LogP contribution in [0, 0.1) is 0 Å². The van der Waals surface area contributed by atoms with Crippen molar-refractivity contribution < 1.29 is 32.2 Å². The van der Waals surface area contributed by atoms with Gasteiger partial charge >= 0.3 is 6.36 Å². The number of anilines is 1. The summed E-state index contributed by atoms with van der Waals surface area (Å²) in [5.74, 6) is -0.0165. The van der Waals surface area contributed by atoms with E-state index in [4.69, 9.17) is 9.47 Å². The second kappa shape index (κ2) is 10.5. The molecule has 0 saturated carbocycles. The highest BCUT2D eigenvalue weighted by molar-refractivity contribution is 6.07. The number of alkyl halides is 3. The Kier molecular flexibility index (Phi) is 7.21. The molecule has 0 saturated heterocycles. The molecule has 0 aliphatic rings. The topological polar surface area (TPSA) is 76.7 Å². The van der Waals surface area contributed by atoms with Crippen molar-refractivity contribution >= 4 is 22.6 Å². The number of imidazole rings is 1. The first-order valence-corrected chi connectivity index (χ1v) is 10.6. The summed E-state index contributed by atoms with van der Waals surface area (Å²) in [6.45, 7) is 0.772. The van der Waals surface area contributed by atoms with Gasteiger partial charge in [-0.3, -0.25) is 4.79 Å². The number of carbonyl (C=O) groups is 1. The number of rotatable bonds is 9. The summed E-state index contributed by atoms with van der Waals surface area (Å²) in [4.78, 5) is 22.1. The third kappa shape index (κ3) is 6.30. The lowest BCUT2D eigenvalue weighted by atomic mass is 10.1. The maximum Gasteiger partial charge on any atom is 0.573 e. The number of aromatic amines is 1. The van der Waals surface area contributed by atoms with Gasteiger partial charge in [-0.05, 0) is 48.0 Å². The summed E-state index contributed by atoms with van der Waals surface area (Å²) in [5.41, 5.74) is 3.28. The van der Waals surface area contributed by atoms with Crippen LogP contribution in [0.4, 0.5) is 18.9 Å². The molecule has 4 aromatic rings. The average molecular weight is 485 g/mol. The number of benzene rings is 3. The fourth-order valence-corrected chi connectivity index (χ4v) is 3.45. The largest absolute Gasteiger partial charge is 0.573 e.